The van der Waals surface area contributed by atoms with Crippen molar-refractivity contribution < 1.29 is 19.4 Å². The topological polar surface area (TPSA) is 115 Å². The van der Waals surface area contributed by atoms with Gasteiger partial charge >= 0.3 is 0 Å². The number of H-pyrrole nitrogens is 1. The van der Waals surface area contributed by atoms with Crippen LogP contribution in [-0.4, -0.2) is 42.3 Å². The number of ether oxygens (including phenoxy) is 3. The van der Waals surface area contributed by atoms with Crippen molar-refractivity contribution in [3.8, 4) is 39.8 Å². The lowest BCUT2D eigenvalue weighted by atomic mass is 10.0. The minimum atomic E-state index is 0.0563. The van der Waals surface area contributed by atoms with Gasteiger partial charge < -0.3 is 30.1 Å². The molecule has 0 amide bonds. The summed E-state index contributed by atoms with van der Waals surface area (Å²) in [6.07, 6.45) is 0. The highest BCUT2D eigenvalue weighted by Gasteiger charge is 2.17. The Morgan fingerprint density at radius 3 is 2.19 bits per heavy atom. The fourth-order valence-corrected chi connectivity index (χ4v) is 3.49. The van der Waals surface area contributed by atoms with E-state index < -0.39 is 0 Å². The number of nitrogens with two attached hydrogens (primary N) is 1. The van der Waals surface area contributed by atoms with Gasteiger partial charge in [-0.05, 0) is 23.8 Å². The molecule has 0 radical (unpaired) electrons. The van der Waals surface area contributed by atoms with Gasteiger partial charge in [-0.25, -0.2) is 4.98 Å². The van der Waals surface area contributed by atoms with Crippen LogP contribution in [-0.2, 0) is 0 Å². The molecule has 8 heteroatoms. The first-order valence-electron chi connectivity index (χ1n) is 9.47. The van der Waals surface area contributed by atoms with E-state index in [0.29, 0.717) is 28.6 Å². The average molecular weight is 418 g/mol. The molecule has 0 aliphatic carbocycles. The second kappa shape index (κ2) is 8.27. The van der Waals surface area contributed by atoms with Crippen LogP contribution in [0.1, 0.15) is 5.56 Å². The molecule has 4 N–H and O–H groups in total. The molecular formula is C23H22N4O4. The summed E-state index contributed by atoms with van der Waals surface area (Å²) in [4.78, 5) is 8.18. The Labute approximate surface area is 178 Å². The summed E-state index contributed by atoms with van der Waals surface area (Å²) in [5.74, 6) is 2.45. The van der Waals surface area contributed by atoms with E-state index in [1.165, 1.54) is 0 Å². The number of aromatic amines is 1. The quantitative estimate of drug-likeness (QED) is 0.189. The number of amidine groups is 1. The number of imidazole rings is 1. The van der Waals surface area contributed by atoms with Gasteiger partial charge in [0.1, 0.15) is 5.82 Å². The summed E-state index contributed by atoms with van der Waals surface area (Å²) in [6.45, 7) is 0. The first-order chi connectivity index (χ1) is 15.1. The van der Waals surface area contributed by atoms with Crippen LogP contribution in [0, 0.1) is 0 Å². The Bertz CT molecular complexity index is 1240. The maximum Gasteiger partial charge on any atom is 0.203 e. The van der Waals surface area contributed by atoms with Gasteiger partial charge in [0.25, 0.3) is 0 Å². The van der Waals surface area contributed by atoms with Crippen molar-refractivity contribution in [2.75, 3.05) is 21.3 Å². The van der Waals surface area contributed by atoms with Crippen molar-refractivity contribution in [1.29, 1.82) is 0 Å². The number of methoxy groups -OCH3 is 3. The van der Waals surface area contributed by atoms with E-state index in [1.807, 2.05) is 42.5 Å². The van der Waals surface area contributed by atoms with E-state index in [4.69, 9.17) is 30.1 Å². The Kier molecular flexibility index (Phi) is 5.36. The van der Waals surface area contributed by atoms with Gasteiger partial charge in [-0.3, -0.25) is 0 Å². The number of para-hydroxylation sites is 1. The minimum Gasteiger partial charge on any atom is -0.493 e. The van der Waals surface area contributed by atoms with Gasteiger partial charge in [-0.15, -0.1) is 0 Å². The van der Waals surface area contributed by atoms with Gasteiger partial charge in [0.05, 0.1) is 32.4 Å². The van der Waals surface area contributed by atoms with Gasteiger partial charge in [0.15, 0.2) is 17.3 Å². The van der Waals surface area contributed by atoms with Gasteiger partial charge in [0.2, 0.25) is 5.75 Å². The zero-order valence-electron chi connectivity index (χ0n) is 17.3. The van der Waals surface area contributed by atoms with E-state index in [1.54, 1.807) is 33.5 Å². The van der Waals surface area contributed by atoms with E-state index in [0.717, 1.165) is 27.7 Å². The molecule has 0 aliphatic rings. The largest absolute Gasteiger partial charge is 0.493 e. The highest BCUT2D eigenvalue weighted by atomic mass is 16.5. The van der Waals surface area contributed by atoms with Crippen molar-refractivity contribution in [2.24, 2.45) is 10.9 Å². The highest BCUT2D eigenvalue weighted by Crippen LogP contribution is 2.42. The van der Waals surface area contributed by atoms with E-state index in [9.17, 15) is 0 Å². The van der Waals surface area contributed by atoms with Crippen LogP contribution in [0.4, 0.5) is 0 Å². The third-order valence-corrected chi connectivity index (χ3v) is 5.05. The van der Waals surface area contributed by atoms with Crippen LogP contribution in [0.2, 0.25) is 0 Å². The summed E-state index contributed by atoms with van der Waals surface area (Å²) in [5, 5.41) is 11.9. The lowest BCUT2D eigenvalue weighted by Gasteiger charge is -2.14. The molecule has 0 aliphatic heterocycles. The van der Waals surface area contributed by atoms with Crippen molar-refractivity contribution in [3.63, 3.8) is 0 Å². The molecule has 0 spiro atoms. The number of aromatic nitrogens is 2. The van der Waals surface area contributed by atoms with Gasteiger partial charge in [0, 0.05) is 16.7 Å². The number of oxime groups is 1. The second-order valence-electron chi connectivity index (χ2n) is 6.76. The predicted molar refractivity (Wildman–Crippen MR) is 119 cm³/mol. The van der Waals surface area contributed by atoms with Crippen LogP contribution >= 0.6 is 0 Å². The molecule has 0 unspecified atom stereocenters. The first-order valence-corrected chi connectivity index (χ1v) is 9.47. The molecule has 0 bridgehead atoms. The summed E-state index contributed by atoms with van der Waals surface area (Å²) in [7, 11) is 4.75. The Morgan fingerprint density at radius 1 is 0.935 bits per heavy atom. The molecule has 0 saturated carbocycles. The maximum absolute atomic E-state index is 8.84. The molecule has 3 aromatic carbocycles. The molecule has 0 atom stereocenters. The number of nitrogens with one attached hydrogen (secondary N) is 1. The summed E-state index contributed by atoms with van der Waals surface area (Å²) >= 11 is 0. The second-order valence-corrected chi connectivity index (χ2v) is 6.76. The molecule has 31 heavy (non-hydrogen) atoms. The number of rotatable bonds is 6. The molecule has 1 aromatic heterocycles. The molecule has 0 saturated heterocycles. The molecule has 4 aromatic rings. The monoisotopic (exact) mass is 418 g/mol. The van der Waals surface area contributed by atoms with Crippen LogP contribution < -0.4 is 19.9 Å². The number of fused-ring (bicyclic) bond motifs is 1. The molecule has 4 rings (SSSR count). The fourth-order valence-electron chi connectivity index (χ4n) is 3.49. The lowest BCUT2D eigenvalue weighted by molar-refractivity contribution is 0.318. The Morgan fingerprint density at radius 2 is 1.61 bits per heavy atom. The van der Waals surface area contributed by atoms with Crippen LogP contribution in [0.5, 0.6) is 17.2 Å². The van der Waals surface area contributed by atoms with Crippen LogP contribution in [0.15, 0.2) is 59.8 Å². The predicted octanol–water partition coefficient (Wildman–Crippen LogP) is 4.02. The average Bonchev–Trinajstić information content (AvgIpc) is 3.27. The lowest BCUT2D eigenvalue weighted by Crippen LogP contribution is -2.12. The third kappa shape index (κ3) is 3.59. The fraction of sp³-hybridized carbons (Fsp3) is 0.130. The highest BCUT2D eigenvalue weighted by molar-refractivity contribution is 5.98. The molecule has 1 heterocycles. The SMILES string of the molecule is COc1cc(-c2cccc3[nH]c(-c4ccc(C(N)=NO)cc4)nc23)cc(OC)c1OC. The molecule has 158 valence electrons. The summed E-state index contributed by atoms with van der Waals surface area (Å²) < 4.78 is 16.4. The zero-order chi connectivity index (χ0) is 22.0. The number of hydrogen-bond donors (Lipinski definition) is 3. The molecular weight excluding hydrogens is 396 g/mol. The third-order valence-electron chi connectivity index (χ3n) is 5.05. The summed E-state index contributed by atoms with van der Waals surface area (Å²) in [5.41, 5.74) is 10.7. The van der Waals surface area contributed by atoms with Crippen molar-refractivity contribution in [1.82, 2.24) is 9.97 Å². The summed E-state index contributed by atoms with van der Waals surface area (Å²) in [6, 6.07) is 17.0. The Balaban J connectivity index is 1.82. The Hall–Kier alpha value is -4.20. The minimum absolute atomic E-state index is 0.0563. The van der Waals surface area contributed by atoms with E-state index in [-0.39, 0.29) is 5.84 Å². The van der Waals surface area contributed by atoms with Crippen molar-refractivity contribution in [2.45, 2.75) is 0 Å². The molecule has 8 nitrogen and oxygen atoms in total. The smallest absolute Gasteiger partial charge is 0.203 e. The van der Waals surface area contributed by atoms with Gasteiger partial charge in [-0.2, -0.15) is 0 Å². The number of benzene rings is 3. The van der Waals surface area contributed by atoms with Crippen LogP contribution in [0.3, 0.4) is 0 Å². The number of hydrogen-bond acceptors (Lipinski definition) is 6. The zero-order valence-corrected chi connectivity index (χ0v) is 17.3. The van der Waals surface area contributed by atoms with Crippen molar-refractivity contribution >= 4 is 16.9 Å². The normalized spacial score (nSPS) is 11.5. The first kappa shape index (κ1) is 20.1. The van der Waals surface area contributed by atoms with E-state index in [2.05, 4.69) is 10.1 Å². The van der Waals surface area contributed by atoms with Crippen molar-refractivity contribution in [3.05, 3.63) is 60.2 Å². The van der Waals surface area contributed by atoms with Gasteiger partial charge in [-0.1, -0.05) is 41.6 Å². The molecule has 0 fully saturated rings. The van der Waals surface area contributed by atoms with E-state index >= 15 is 0 Å². The standard InChI is InChI=1S/C23H22N4O4/c1-29-18-11-15(12-19(30-2)21(18)31-3)16-5-4-6-17-20(16)26-23(25-17)14-9-7-13(8-10-14)22(24)27-28/h4-12,28H,1-3H3,(H2,24,27)(H,25,26). The maximum atomic E-state index is 8.84. The van der Waals surface area contributed by atoms with Crippen LogP contribution in [0.25, 0.3) is 33.5 Å². The number of nitrogens with zero attached hydrogens (tertiary/aromatic N) is 2.